The molecule has 2 saturated heterocycles. The summed E-state index contributed by atoms with van der Waals surface area (Å²) < 4.78 is 5.13. The van der Waals surface area contributed by atoms with E-state index in [-0.39, 0.29) is 0 Å². The van der Waals surface area contributed by atoms with Gasteiger partial charge in [0.25, 0.3) is 0 Å². The Labute approximate surface area is 133 Å². The van der Waals surface area contributed by atoms with E-state index >= 15 is 0 Å². The van der Waals surface area contributed by atoms with Gasteiger partial charge in [-0.3, -0.25) is 4.90 Å². The Morgan fingerprint density at radius 1 is 0.905 bits per heavy atom. The standard InChI is InChI=1S/C13H27N3O.2C2H6/c1-17-11-10-15-6-8-16(9-7-15)12-13-2-4-14-5-3-13;2*1-2/h13-14H,2-12H2,1H3;2*1-2H3. The topological polar surface area (TPSA) is 27.7 Å². The highest BCUT2D eigenvalue weighted by molar-refractivity contribution is 4.77. The van der Waals surface area contributed by atoms with Crippen LogP contribution in [0, 0.1) is 5.92 Å². The number of nitrogens with one attached hydrogen (secondary N) is 1. The largest absolute Gasteiger partial charge is 0.383 e. The molecular weight excluding hydrogens is 262 g/mol. The van der Waals surface area contributed by atoms with Crippen molar-refractivity contribution in [2.24, 2.45) is 5.92 Å². The maximum Gasteiger partial charge on any atom is 0.0589 e. The van der Waals surface area contributed by atoms with Crippen molar-refractivity contribution in [3.63, 3.8) is 0 Å². The zero-order chi connectivity index (χ0) is 15.9. The summed E-state index contributed by atoms with van der Waals surface area (Å²) in [6, 6.07) is 0. The number of rotatable bonds is 5. The molecule has 2 aliphatic heterocycles. The Morgan fingerprint density at radius 2 is 1.43 bits per heavy atom. The van der Waals surface area contributed by atoms with E-state index in [4.69, 9.17) is 4.74 Å². The van der Waals surface area contributed by atoms with Crippen molar-refractivity contribution in [3.05, 3.63) is 0 Å². The van der Waals surface area contributed by atoms with Gasteiger partial charge in [-0.2, -0.15) is 0 Å². The molecule has 0 aromatic carbocycles. The number of ether oxygens (including phenoxy) is 1. The van der Waals surface area contributed by atoms with Crippen molar-refractivity contribution < 1.29 is 4.74 Å². The second-order valence-electron chi connectivity index (χ2n) is 5.33. The van der Waals surface area contributed by atoms with Crippen molar-refractivity contribution in [1.29, 1.82) is 0 Å². The van der Waals surface area contributed by atoms with Crippen LogP contribution in [0.15, 0.2) is 0 Å². The van der Waals surface area contributed by atoms with Crippen molar-refractivity contribution >= 4 is 0 Å². The van der Waals surface area contributed by atoms with E-state index in [2.05, 4.69) is 15.1 Å². The lowest BCUT2D eigenvalue weighted by atomic mass is 9.97. The molecule has 4 heteroatoms. The van der Waals surface area contributed by atoms with Crippen LogP contribution in [0.2, 0.25) is 0 Å². The Bertz CT molecular complexity index is 200. The van der Waals surface area contributed by atoms with Gasteiger partial charge in [0.1, 0.15) is 0 Å². The maximum absolute atomic E-state index is 5.13. The highest BCUT2D eigenvalue weighted by Crippen LogP contribution is 2.14. The van der Waals surface area contributed by atoms with E-state index in [1.54, 1.807) is 7.11 Å². The predicted molar refractivity (Wildman–Crippen MR) is 93.0 cm³/mol. The van der Waals surface area contributed by atoms with Crippen LogP contribution in [0.5, 0.6) is 0 Å². The van der Waals surface area contributed by atoms with Crippen molar-refractivity contribution in [2.75, 3.05) is 66.1 Å². The number of hydrogen-bond donors (Lipinski definition) is 1. The Hall–Kier alpha value is -0.160. The van der Waals surface area contributed by atoms with E-state index in [0.29, 0.717) is 0 Å². The molecule has 2 aliphatic rings. The van der Waals surface area contributed by atoms with Crippen molar-refractivity contribution in [2.45, 2.75) is 40.5 Å². The van der Waals surface area contributed by atoms with Gasteiger partial charge in [0.15, 0.2) is 0 Å². The lowest BCUT2D eigenvalue weighted by Gasteiger charge is -2.37. The van der Waals surface area contributed by atoms with Crippen LogP contribution in [0.3, 0.4) is 0 Å². The maximum atomic E-state index is 5.13. The first-order valence-corrected chi connectivity index (χ1v) is 9.03. The molecule has 0 aliphatic carbocycles. The number of methoxy groups -OCH3 is 1. The molecule has 0 unspecified atom stereocenters. The van der Waals surface area contributed by atoms with E-state index in [1.165, 1.54) is 58.7 Å². The molecule has 0 amide bonds. The number of piperazine rings is 1. The molecule has 0 atom stereocenters. The summed E-state index contributed by atoms with van der Waals surface area (Å²) >= 11 is 0. The Balaban J connectivity index is 0.000000921. The van der Waals surface area contributed by atoms with Gasteiger partial charge in [0.05, 0.1) is 6.61 Å². The van der Waals surface area contributed by atoms with E-state index in [0.717, 1.165) is 19.1 Å². The van der Waals surface area contributed by atoms with Gasteiger partial charge >= 0.3 is 0 Å². The van der Waals surface area contributed by atoms with Gasteiger partial charge < -0.3 is 15.0 Å². The summed E-state index contributed by atoms with van der Waals surface area (Å²) in [5.74, 6) is 0.932. The quantitative estimate of drug-likeness (QED) is 0.843. The monoisotopic (exact) mass is 301 g/mol. The minimum atomic E-state index is 0.869. The molecule has 4 nitrogen and oxygen atoms in total. The molecule has 0 saturated carbocycles. The molecule has 2 rings (SSSR count). The molecule has 0 aromatic heterocycles. The SMILES string of the molecule is CC.CC.COCCN1CCN(CC2CCNCC2)CC1. The second-order valence-corrected chi connectivity index (χ2v) is 5.33. The summed E-state index contributed by atoms with van der Waals surface area (Å²) in [7, 11) is 1.79. The van der Waals surface area contributed by atoms with Crippen molar-refractivity contribution in [1.82, 2.24) is 15.1 Å². The van der Waals surface area contributed by atoms with Crippen LogP contribution >= 0.6 is 0 Å². The molecule has 0 aromatic rings. The summed E-state index contributed by atoms with van der Waals surface area (Å²) in [5.41, 5.74) is 0. The van der Waals surface area contributed by atoms with Crippen LogP contribution in [-0.2, 0) is 4.74 Å². The zero-order valence-electron chi connectivity index (χ0n) is 15.2. The average molecular weight is 302 g/mol. The Kier molecular flexibility index (Phi) is 14.7. The third kappa shape index (κ3) is 9.46. The summed E-state index contributed by atoms with van der Waals surface area (Å²) in [6.07, 6.45) is 2.73. The van der Waals surface area contributed by atoms with Crippen LogP contribution in [0.4, 0.5) is 0 Å². The fourth-order valence-electron chi connectivity index (χ4n) is 2.85. The predicted octanol–water partition coefficient (Wildman–Crippen LogP) is 2.30. The van der Waals surface area contributed by atoms with Gasteiger partial charge in [0.2, 0.25) is 0 Å². The number of piperidine rings is 1. The van der Waals surface area contributed by atoms with Gasteiger partial charge in [-0.1, -0.05) is 27.7 Å². The minimum absolute atomic E-state index is 0.869. The minimum Gasteiger partial charge on any atom is -0.383 e. The van der Waals surface area contributed by atoms with Gasteiger partial charge in [-0.25, -0.2) is 0 Å². The molecule has 0 spiro atoms. The summed E-state index contributed by atoms with van der Waals surface area (Å²) in [6.45, 7) is 18.6. The van der Waals surface area contributed by atoms with E-state index in [9.17, 15) is 0 Å². The fraction of sp³-hybridized carbons (Fsp3) is 1.00. The van der Waals surface area contributed by atoms with Crippen LogP contribution in [0.25, 0.3) is 0 Å². The zero-order valence-corrected chi connectivity index (χ0v) is 15.2. The number of nitrogens with zero attached hydrogens (tertiary/aromatic N) is 2. The second kappa shape index (κ2) is 14.8. The van der Waals surface area contributed by atoms with Crippen LogP contribution < -0.4 is 5.32 Å². The van der Waals surface area contributed by atoms with Crippen LogP contribution in [-0.4, -0.2) is 75.9 Å². The fourth-order valence-corrected chi connectivity index (χ4v) is 2.85. The molecular formula is C17H39N3O. The lowest BCUT2D eigenvalue weighted by Crippen LogP contribution is -2.49. The Morgan fingerprint density at radius 3 is 1.95 bits per heavy atom. The molecule has 0 radical (unpaired) electrons. The summed E-state index contributed by atoms with van der Waals surface area (Å²) in [4.78, 5) is 5.17. The summed E-state index contributed by atoms with van der Waals surface area (Å²) in [5, 5.41) is 3.44. The van der Waals surface area contributed by atoms with Crippen molar-refractivity contribution in [3.8, 4) is 0 Å². The first-order chi connectivity index (χ1) is 10.4. The third-order valence-corrected chi connectivity index (χ3v) is 4.05. The molecule has 128 valence electrons. The first kappa shape index (κ1) is 20.8. The van der Waals surface area contributed by atoms with Crippen LogP contribution in [0.1, 0.15) is 40.5 Å². The highest BCUT2D eigenvalue weighted by Gasteiger charge is 2.20. The molecule has 2 heterocycles. The van der Waals surface area contributed by atoms with Gasteiger partial charge in [0, 0.05) is 46.4 Å². The number of hydrogen-bond acceptors (Lipinski definition) is 4. The lowest BCUT2D eigenvalue weighted by molar-refractivity contribution is 0.0856. The van der Waals surface area contributed by atoms with Gasteiger partial charge in [-0.05, 0) is 31.8 Å². The van der Waals surface area contributed by atoms with E-state index < -0.39 is 0 Å². The third-order valence-electron chi connectivity index (χ3n) is 4.05. The van der Waals surface area contributed by atoms with Gasteiger partial charge in [-0.15, -0.1) is 0 Å². The highest BCUT2D eigenvalue weighted by atomic mass is 16.5. The molecule has 1 N–H and O–H groups in total. The molecule has 0 bridgehead atoms. The average Bonchev–Trinajstić information content (AvgIpc) is 2.59. The smallest absolute Gasteiger partial charge is 0.0589 e. The van der Waals surface area contributed by atoms with E-state index in [1.807, 2.05) is 27.7 Å². The normalized spacial score (nSPS) is 21.0. The molecule has 2 fully saturated rings. The first-order valence-electron chi connectivity index (χ1n) is 9.03. The molecule has 21 heavy (non-hydrogen) atoms.